The maximum Gasteiger partial charge on any atom is 0.186 e. The van der Waals surface area contributed by atoms with Gasteiger partial charge in [-0.3, -0.25) is 0 Å². The Kier molecular flexibility index (Phi) is 10.6. The molecule has 3 rings (SSSR count). The van der Waals surface area contributed by atoms with Crippen LogP contribution in [0.4, 0.5) is 0 Å². The third kappa shape index (κ3) is 6.93. The second-order valence-electron chi connectivity index (χ2n) is 9.76. The van der Waals surface area contributed by atoms with Crippen LogP contribution in [0.25, 0.3) is 0 Å². The van der Waals surface area contributed by atoms with E-state index in [0.29, 0.717) is 0 Å². The fourth-order valence-corrected chi connectivity index (χ4v) is 4.40. The Labute approximate surface area is 212 Å². The molecule has 3 aliphatic rings. The van der Waals surface area contributed by atoms with Gasteiger partial charge in [-0.15, -0.1) is 0 Å². The van der Waals surface area contributed by atoms with Crippen LogP contribution in [0, 0.1) is 0 Å². The molecule has 14 atom stereocenters. The van der Waals surface area contributed by atoms with Gasteiger partial charge in [0.05, 0.1) is 26.4 Å². The highest BCUT2D eigenvalue weighted by molar-refractivity contribution is 4.93. The van der Waals surface area contributed by atoms with Crippen molar-refractivity contribution in [3.8, 4) is 0 Å². The minimum absolute atomic E-state index is 0.538. The number of hydrogen-bond donors (Lipinski definition) is 10. The zero-order chi connectivity index (χ0) is 27.7. The van der Waals surface area contributed by atoms with Crippen molar-refractivity contribution >= 4 is 0 Å². The molecule has 0 saturated carbocycles. The first-order valence-corrected chi connectivity index (χ1v) is 11.9. The molecule has 0 amide bonds. The molecule has 16 heteroatoms. The monoisotopic (exact) mass is 546 g/mol. The molecule has 0 unspecified atom stereocenters. The van der Waals surface area contributed by atoms with Gasteiger partial charge in [0, 0.05) is 0 Å². The van der Waals surface area contributed by atoms with E-state index < -0.39 is 118 Å². The largest absolute Gasteiger partial charge is 0.394 e. The van der Waals surface area contributed by atoms with E-state index in [-0.39, 0.29) is 0 Å². The lowest BCUT2D eigenvalue weighted by molar-refractivity contribution is -0.308. The lowest BCUT2D eigenvalue weighted by Crippen LogP contribution is -2.60. The molecule has 3 saturated heterocycles. The van der Waals surface area contributed by atoms with Crippen LogP contribution in [0.1, 0.15) is 13.8 Å². The summed E-state index contributed by atoms with van der Waals surface area (Å²) in [6, 6.07) is 0. The van der Waals surface area contributed by atoms with Gasteiger partial charge in [-0.05, 0) is 13.8 Å². The van der Waals surface area contributed by atoms with Gasteiger partial charge >= 0.3 is 0 Å². The highest BCUT2D eigenvalue weighted by Gasteiger charge is 2.50. The van der Waals surface area contributed by atoms with Crippen LogP contribution >= 0.6 is 0 Å². The lowest BCUT2D eigenvalue weighted by atomic mass is 9.99. The van der Waals surface area contributed by atoms with Crippen LogP contribution in [-0.2, 0) is 28.4 Å². The Morgan fingerprint density at radius 2 is 0.973 bits per heavy atom. The Balaban J connectivity index is 1.59. The zero-order valence-electron chi connectivity index (χ0n) is 20.3. The SMILES string of the molecule is CC1(C)O[C@H]([C@H](O)CO[C@@H]2O[C@H](CO)[C@@H](O)[C@H](O)[C@H]2O)[C@@H]([C@H](O)CO[C@@H]2O[C@H](CO)[C@@H](O)[C@H](O)[C@H]2O)O1. The Morgan fingerprint density at radius 1 is 0.622 bits per heavy atom. The summed E-state index contributed by atoms with van der Waals surface area (Å²) in [5.74, 6) is -1.26. The summed E-state index contributed by atoms with van der Waals surface area (Å²) < 4.78 is 32.5. The molecule has 0 aliphatic carbocycles. The number of rotatable bonds is 10. The molecule has 0 aromatic heterocycles. The highest BCUT2D eigenvalue weighted by Crippen LogP contribution is 2.33. The third-order valence-corrected chi connectivity index (χ3v) is 6.48. The van der Waals surface area contributed by atoms with Crippen LogP contribution in [0.5, 0.6) is 0 Å². The smallest absolute Gasteiger partial charge is 0.186 e. The van der Waals surface area contributed by atoms with Crippen LogP contribution in [0.15, 0.2) is 0 Å². The van der Waals surface area contributed by atoms with Gasteiger partial charge in [0.2, 0.25) is 0 Å². The lowest BCUT2D eigenvalue weighted by Gasteiger charge is -2.40. The fraction of sp³-hybridized carbons (Fsp3) is 1.00. The summed E-state index contributed by atoms with van der Waals surface area (Å²) in [7, 11) is 0. The van der Waals surface area contributed by atoms with E-state index >= 15 is 0 Å². The van der Waals surface area contributed by atoms with Gasteiger partial charge in [0.25, 0.3) is 0 Å². The molecule has 3 fully saturated rings. The molecule has 3 heterocycles. The maximum atomic E-state index is 10.7. The van der Waals surface area contributed by atoms with Gasteiger partial charge in [-0.25, -0.2) is 0 Å². The molecule has 218 valence electrons. The Bertz CT molecular complexity index is 652. The summed E-state index contributed by atoms with van der Waals surface area (Å²) >= 11 is 0. The standard InChI is InChI=1S/C21H38O16/c1-21(2)36-17(7(24)5-32-19-15(30)13(28)11(26)9(3-22)34-19)18(37-21)8(25)6-33-20-16(31)14(29)12(27)10(4-23)35-20/h7-20,22-31H,3-6H2,1-2H3/t7-,8-,9-,10-,11-,12-,13+,14+,15-,16-,17-,18-,19-,20-/m1/s1. The van der Waals surface area contributed by atoms with Crippen molar-refractivity contribution in [1.82, 2.24) is 0 Å². The molecular formula is C21H38O16. The highest BCUT2D eigenvalue weighted by atomic mass is 16.8. The number of hydrogen-bond acceptors (Lipinski definition) is 16. The minimum Gasteiger partial charge on any atom is -0.394 e. The summed E-state index contributed by atoms with van der Waals surface area (Å²) in [4.78, 5) is 0. The van der Waals surface area contributed by atoms with Crippen molar-refractivity contribution in [3.63, 3.8) is 0 Å². The molecule has 0 spiro atoms. The van der Waals surface area contributed by atoms with Gasteiger partial charge in [0.15, 0.2) is 18.4 Å². The summed E-state index contributed by atoms with van der Waals surface area (Å²) in [5.41, 5.74) is 0. The van der Waals surface area contributed by atoms with Crippen LogP contribution in [-0.4, -0.2) is 169 Å². The third-order valence-electron chi connectivity index (χ3n) is 6.48. The van der Waals surface area contributed by atoms with E-state index in [1.165, 1.54) is 13.8 Å². The molecular weight excluding hydrogens is 508 g/mol. The molecule has 0 aromatic rings. The normalized spacial score (nSPS) is 46.1. The molecule has 16 nitrogen and oxygen atoms in total. The van der Waals surface area contributed by atoms with Gasteiger partial charge in [0.1, 0.15) is 73.2 Å². The van der Waals surface area contributed by atoms with E-state index in [4.69, 9.17) is 28.4 Å². The molecule has 0 radical (unpaired) electrons. The van der Waals surface area contributed by atoms with Crippen molar-refractivity contribution in [2.24, 2.45) is 0 Å². The first-order chi connectivity index (χ1) is 17.3. The number of ether oxygens (including phenoxy) is 6. The van der Waals surface area contributed by atoms with E-state index in [2.05, 4.69) is 0 Å². The van der Waals surface area contributed by atoms with Crippen molar-refractivity contribution in [3.05, 3.63) is 0 Å². The molecule has 37 heavy (non-hydrogen) atoms. The zero-order valence-corrected chi connectivity index (χ0v) is 20.3. The number of aliphatic hydroxyl groups excluding tert-OH is 10. The van der Waals surface area contributed by atoms with Crippen LogP contribution in [0.3, 0.4) is 0 Å². The quantitative estimate of drug-likeness (QED) is 0.122. The van der Waals surface area contributed by atoms with Crippen molar-refractivity contribution in [2.75, 3.05) is 26.4 Å². The van der Waals surface area contributed by atoms with Crippen molar-refractivity contribution in [1.29, 1.82) is 0 Å². The van der Waals surface area contributed by atoms with Crippen molar-refractivity contribution < 1.29 is 79.5 Å². The Morgan fingerprint density at radius 3 is 1.30 bits per heavy atom. The van der Waals surface area contributed by atoms with E-state index in [9.17, 15) is 51.1 Å². The first-order valence-electron chi connectivity index (χ1n) is 11.9. The van der Waals surface area contributed by atoms with Crippen molar-refractivity contribution in [2.45, 2.75) is 105 Å². The predicted octanol–water partition coefficient (Wildman–Crippen LogP) is -6.14. The first kappa shape index (κ1) is 30.9. The van der Waals surface area contributed by atoms with Crippen LogP contribution < -0.4 is 0 Å². The molecule has 0 aromatic carbocycles. The Hall–Kier alpha value is -0.640. The average molecular weight is 547 g/mol. The summed E-state index contributed by atoms with van der Waals surface area (Å²) in [6.45, 7) is 0.646. The summed E-state index contributed by atoms with van der Waals surface area (Å²) in [6.07, 6.45) is -20.6. The van der Waals surface area contributed by atoms with E-state index in [1.807, 2.05) is 0 Å². The van der Waals surface area contributed by atoms with Gasteiger partial charge in [-0.2, -0.15) is 0 Å². The second-order valence-corrected chi connectivity index (χ2v) is 9.76. The minimum atomic E-state index is -1.68. The molecule has 10 N–H and O–H groups in total. The fourth-order valence-electron chi connectivity index (χ4n) is 4.40. The van der Waals surface area contributed by atoms with Gasteiger partial charge in [-0.1, -0.05) is 0 Å². The molecule has 0 bridgehead atoms. The predicted molar refractivity (Wildman–Crippen MR) is 115 cm³/mol. The average Bonchev–Trinajstić information content (AvgIpc) is 3.20. The van der Waals surface area contributed by atoms with E-state index in [1.54, 1.807) is 0 Å². The second kappa shape index (κ2) is 12.7. The van der Waals surface area contributed by atoms with Crippen LogP contribution in [0.2, 0.25) is 0 Å². The molecule has 3 aliphatic heterocycles. The number of aliphatic hydroxyl groups is 10. The summed E-state index contributed by atoms with van der Waals surface area (Å²) in [5, 5.41) is 99.7. The van der Waals surface area contributed by atoms with E-state index in [0.717, 1.165) is 0 Å². The topological polar surface area (TPSA) is 258 Å². The van der Waals surface area contributed by atoms with Gasteiger partial charge < -0.3 is 79.5 Å². The maximum absolute atomic E-state index is 10.7.